The maximum absolute atomic E-state index is 9.76. The van der Waals surface area contributed by atoms with Crippen molar-refractivity contribution in [3.8, 4) is 17.4 Å². The molecule has 0 saturated carbocycles. The van der Waals surface area contributed by atoms with Crippen LogP contribution in [0.4, 0.5) is 0 Å². The maximum atomic E-state index is 9.76. The number of benzene rings is 1. The molecule has 1 saturated heterocycles. The quantitative estimate of drug-likeness (QED) is 0.885. The molecule has 1 aromatic carbocycles. The summed E-state index contributed by atoms with van der Waals surface area (Å²) in [6.07, 6.45) is 1.32. The highest BCUT2D eigenvalue weighted by Crippen LogP contribution is 2.34. The van der Waals surface area contributed by atoms with Gasteiger partial charge < -0.3 is 19.3 Å². The predicted octanol–water partition coefficient (Wildman–Crippen LogP) is 1.05. The molecule has 1 aliphatic rings. The van der Waals surface area contributed by atoms with Crippen LogP contribution >= 0.6 is 0 Å². The third kappa shape index (κ3) is 3.20. The zero-order valence-corrected chi connectivity index (χ0v) is 12.5. The van der Waals surface area contributed by atoms with Crippen molar-refractivity contribution in [2.45, 2.75) is 0 Å². The molecule has 1 aromatic heterocycles. The number of nitrogens with zero attached hydrogens (tertiary/aromatic N) is 3. The van der Waals surface area contributed by atoms with Gasteiger partial charge in [-0.05, 0) is 6.07 Å². The van der Waals surface area contributed by atoms with Crippen LogP contribution in [0.3, 0.4) is 0 Å². The third-order valence-electron chi connectivity index (χ3n) is 3.67. The van der Waals surface area contributed by atoms with Crippen LogP contribution in [0.1, 0.15) is 0 Å². The summed E-state index contributed by atoms with van der Waals surface area (Å²) in [5.74, 6) is 1.10. The van der Waals surface area contributed by atoms with Gasteiger partial charge in [-0.1, -0.05) is 0 Å². The lowest BCUT2D eigenvalue weighted by molar-refractivity contribution is 0.0321. The Morgan fingerprint density at radius 3 is 2.82 bits per heavy atom. The number of hydrogen-bond donors (Lipinski definition) is 1. The molecule has 0 unspecified atom stereocenters. The van der Waals surface area contributed by atoms with Gasteiger partial charge in [0.2, 0.25) is 5.88 Å². The number of aromatic hydroxyl groups is 1. The summed E-state index contributed by atoms with van der Waals surface area (Å²) >= 11 is 0. The van der Waals surface area contributed by atoms with Gasteiger partial charge in [0.05, 0.1) is 31.2 Å². The molecule has 118 valence electrons. The van der Waals surface area contributed by atoms with Crippen molar-refractivity contribution in [2.75, 3.05) is 46.6 Å². The first-order valence-corrected chi connectivity index (χ1v) is 7.22. The Balaban J connectivity index is 1.72. The fraction of sp³-hybridized carbons (Fsp3) is 0.467. The van der Waals surface area contributed by atoms with Crippen LogP contribution in [-0.4, -0.2) is 66.5 Å². The van der Waals surface area contributed by atoms with Crippen molar-refractivity contribution in [1.29, 1.82) is 0 Å². The number of rotatable bonds is 5. The molecule has 1 fully saturated rings. The molecule has 0 bridgehead atoms. The first kappa shape index (κ1) is 14.8. The minimum absolute atomic E-state index is 0.0665. The number of methoxy groups -OCH3 is 1. The van der Waals surface area contributed by atoms with Crippen molar-refractivity contribution < 1.29 is 19.3 Å². The largest absolute Gasteiger partial charge is 0.493 e. The molecular weight excluding hydrogens is 286 g/mol. The molecule has 3 rings (SSSR count). The van der Waals surface area contributed by atoms with E-state index in [0.717, 1.165) is 32.8 Å². The molecule has 7 nitrogen and oxygen atoms in total. The lowest BCUT2D eigenvalue weighted by atomic mass is 10.2. The predicted molar refractivity (Wildman–Crippen MR) is 80.5 cm³/mol. The minimum Gasteiger partial charge on any atom is -0.493 e. The molecule has 7 heteroatoms. The molecule has 1 aliphatic heterocycles. The highest BCUT2D eigenvalue weighted by Gasteiger charge is 2.13. The third-order valence-corrected chi connectivity index (χ3v) is 3.67. The van der Waals surface area contributed by atoms with Crippen LogP contribution in [0.25, 0.3) is 10.9 Å². The maximum Gasteiger partial charge on any atom is 0.222 e. The Labute approximate surface area is 128 Å². The van der Waals surface area contributed by atoms with Crippen LogP contribution in [-0.2, 0) is 4.74 Å². The fourth-order valence-corrected chi connectivity index (χ4v) is 2.43. The monoisotopic (exact) mass is 305 g/mol. The average molecular weight is 305 g/mol. The van der Waals surface area contributed by atoms with E-state index in [9.17, 15) is 5.11 Å². The second-order valence-electron chi connectivity index (χ2n) is 5.02. The van der Waals surface area contributed by atoms with Gasteiger partial charge in [0.25, 0.3) is 0 Å². The summed E-state index contributed by atoms with van der Waals surface area (Å²) in [6, 6.07) is 3.45. The lowest BCUT2D eigenvalue weighted by Crippen LogP contribution is -2.38. The van der Waals surface area contributed by atoms with Gasteiger partial charge in [-0.25, -0.2) is 9.97 Å². The summed E-state index contributed by atoms with van der Waals surface area (Å²) in [7, 11) is 1.57. The number of hydrogen-bond acceptors (Lipinski definition) is 7. The Bertz CT molecular complexity index is 644. The molecule has 0 amide bonds. The SMILES string of the molecule is COc1cc2c(O)ncnc2cc1OCCN1CCOCC1. The topological polar surface area (TPSA) is 76.9 Å². The van der Waals surface area contributed by atoms with Crippen molar-refractivity contribution in [3.05, 3.63) is 18.5 Å². The van der Waals surface area contributed by atoms with Gasteiger partial charge in [0.15, 0.2) is 11.5 Å². The summed E-state index contributed by atoms with van der Waals surface area (Å²) in [5.41, 5.74) is 0.620. The van der Waals surface area contributed by atoms with E-state index in [0.29, 0.717) is 29.0 Å². The molecule has 2 aromatic rings. The molecule has 0 spiro atoms. The van der Waals surface area contributed by atoms with Crippen molar-refractivity contribution >= 4 is 10.9 Å². The Kier molecular flexibility index (Phi) is 4.55. The Morgan fingerprint density at radius 2 is 2.05 bits per heavy atom. The van der Waals surface area contributed by atoms with Gasteiger partial charge in [0.1, 0.15) is 12.9 Å². The van der Waals surface area contributed by atoms with Crippen LogP contribution in [0.2, 0.25) is 0 Å². The van der Waals surface area contributed by atoms with Crippen molar-refractivity contribution in [3.63, 3.8) is 0 Å². The molecule has 2 heterocycles. The highest BCUT2D eigenvalue weighted by molar-refractivity contribution is 5.86. The van der Waals surface area contributed by atoms with E-state index < -0.39 is 0 Å². The highest BCUT2D eigenvalue weighted by atomic mass is 16.5. The number of morpholine rings is 1. The van der Waals surface area contributed by atoms with Gasteiger partial charge >= 0.3 is 0 Å². The van der Waals surface area contributed by atoms with E-state index in [4.69, 9.17) is 14.2 Å². The molecule has 1 N–H and O–H groups in total. The molecular formula is C15H19N3O4. The van der Waals surface area contributed by atoms with Crippen LogP contribution in [0, 0.1) is 0 Å². The second-order valence-corrected chi connectivity index (χ2v) is 5.02. The van der Waals surface area contributed by atoms with E-state index >= 15 is 0 Å². The molecule has 0 radical (unpaired) electrons. The van der Waals surface area contributed by atoms with E-state index in [-0.39, 0.29) is 5.88 Å². The minimum atomic E-state index is -0.0665. The van der Waals surface area contributed by atoms with Gasteiger partial charge in [-0.3, -0.25) is 4.90 Å². The zero-order chi connectivity index (χ0) is 15.4. The summed E-state index contributed by atoms with van der Waals surface area (Å²) in [4.78, 5) is 10.2. The zero-order valence-electron chi connectivity index (χ0n) is 12.5. The van der Waals surface area contributed by atoms with E-state index in [1.165, 1.54) is 6.33 Å². The van der Waals surface area contributed by atoms with Crippen LogP contribution in [0.5, 0.6) is 17.4 Å². The first-order chi connectivity index (χ1) is 10.8. The summed E-state index contributed by atoms with van der Waals surface area (Å²) in [5, 5.41) is 10.3. The molecule has 0 atom stereocenters. The first-order valence-electron chi connectivity index (χ1n) is 7.22. The normalized spacial score (nSPS) is 15.9. The average Bonchev–Trinajstić information content (AvgIpc) is 2.55. The summed E-state index contributed by atoms with van der Waals surface area (Å²) in [6.45, 7) is 4.79. The fourth-order valence-electron chi connectivity index (χ4n) is 2.43. The van der Waals surface area contributed by atoms with Gasteiger partial charge in [0, 0.05) is 25.7 Å². The van der Waals surface area contributed by atoms with Gasteiger partial charge in [-0.2, -0.15) is 0 Å². The van der Waals surface area contributed by atoms with E-state index in [1.54, 1.807) is 19.2 Å². The number of ether oxygens (including phenoxy) is 3. The Hall–Kier alpha value is -2.12. The second kappa shape index (κ2) is 6.76. The lowest BCUT2D eigenvalue weighted by Gasteiger charge is -2.26. The van der Waals surface area contributed by atoms with Crippen LogP contribution in [0.15, 0.2) is 18.5 Å². The smallest absolute Gasteiger partial charge is 0.222 e. The van der Waals surface area contributed by atoms with E-state index in [2.05, 4.69) is 14.9 Å². The van der Waals surface area contributed by atoms with E-state index in [1.807, 2.05) is 0 Å². The summed E-state index contributed by atoms with van der Waals surface area (Å²) < 4.78 is 16.5. The molecule has 22 heavy (non-hydrogen) atoms. The Morgan fingerprint density at radius 1 is 1.23 bits per heavy atom. The van der Waals surface area contributed by atoms with Crippen LogP contribution < -0.4 is 9.47 Å². The number of aromatic nitrogens is 2. The number of fused-ring (bicyclic) bond motifs is 1. The van der Waals surface area contributed by atoms with Crippen molar-refractivity contribution in [2.24, 2.45) is 0 Å². The van der Waals surface area contributed by atoms with Gasteiger partial charge in [-0.15, -0.1) is 0 Å². The van der Waals surface area contributed by atoms with Crippen molar-refractivity contribution in [1.82, 2.24) is 14.9 Å². The standard InChI is InChI=1S/C15H19N3O4/c1-20-13-8-11-12(16-10-17-15(11)19)9-14(13)22-7-4-18-2-5-21-6-3-18/h8-10H,2-7H2,1H3,(H,16,17,19). The molecule has 0 aliphatic carbocycles.